The summed E-state index contributed by atoms with van der Waals surface area (Å²) in [5.74, 6) is 0.0511. The molecule has 0 unspecified atom stereocenters. The van der Waals surface area contributed by atoms with Gasteiger partial charge in [-0.05, 0) is 47.9 Å². The molecule has 0 saturated heterocycles. The van der Waals surface area contributed by atoms with Crippen LogP contribution in [0.3, 0.4) is 0 Å². The smallest absolute Gasteiger partial charge is 0.361 e. The van der Waals surface area contributed by atoms with E-state index >= 15 is 0 Å². The minimum atomic E-state index is -4.39. The van der Waals surface area contributed by atoms with E-state index < -0.39 is 12.7 Å². The monoisotopic (exact) mass is 477 g/mol. The zero-order valence-electron chi connectivity index (χ0n) is 19.1. The minimum Gasteiger partial charge on any atom is -0.361 e. The van der Waals surface area contributed by atoms with Gasteiger partial charge >= 0.3 is 6.18 Å². The highest BCUT2D eigenvalue weighted by Crippen LogP contribution is 2.28. The molecule has 0 amide bonds. The highest BCUT2D eigenvalue weighted by molar-refractivity contribution is 5.94. The highest BCUT2D eigenvalue weighted by atomic mass is 19.4. The van der Waals surface area contributed by atoms with Crippen molar-refractivity contribution in [3.8, 4) is 16.8 Å². The van der Waals surface area contributed by atoms with E-state index in [0.717, 1.165) is 22.9 Å². The summed E-state index contributed by atoms with van der Waals surface area (Å²) in [7, 11) is 1.83. The second kappa shape index (κ2) is 8.57. The Balaban J connectivity index is 1.72. The number of anilines is 1. The fraction of sp³-hybridized carbons (Fsp3) is 0.192. The lowest BCUT2D eigenvalue weighted by Gasteiger charge is -2.14. The lowest BCUT2D eigenvalue weighted by Crippen LogP contribution is -2.22. The van der Waals surface area contributed by atoms with Gasteiger partial charge in [-0.3, -0.25) is 14.0 Å². The van der Waals surface area contributed by atoms with Crippen molar-refractivity contribution >= 4 is 27.6 Å². The van der Waals surface area contributed by atoms with Crippen molar-refractivity contribution < 1.29 is 13.2 Å². The molecular formula is C26H22F3N5O. The second-order valence-electron chi connectivity index (χ2n) is 8.38. The van der Waals surface area contributed by atoms with Gasteiger partial charge in [0, 0.05) is 35.9 Å². The first kappa shape index (κ1) is 22.6. The maximum atomic E-state index is 13.8. The summed E-state index contributed by atoms with van der Waals surface area (Å²) in [5.41, 5.74) is 3.57. The van der Waals surface area contributed by atoms with Crippen molar-refractivity contribution in [3.05, 3.63) is 82.9 Å². The maximum Gasteiger partial charge on any atom is 0.405 e. The Kier molecular flexibility index (Phi) is 5.55. The van der Waals surface area contributed by atoms with Crippen molar-refractivity contribution in [3.63, 3.8) is 0 Å². The largest absolute Gasteiger partial charge is 0.405 e. The molecule has 1 N–H and O–H groups in total. The van der Waals surface area contributed by atoms with Gasteiger partial charge in [0.15, 0.2) is 0 Å². The molecule has 0 aliphatic heterocycles. The standard InChI is InChI=1S/C26H22F3N5O/c1-3-16-4-6-17(7-5-16)23-24-18(8-11-22(31-24)30-15-26(27,28)29)14-34(25(23)35)20-9-10-21-19(12-20)13-33(2)32-21/h4-14H,3,15H2,1-2H3,(H,30,31). The highest BCUT2D eigenvalue weighted by Gasteiger charge is 2.27. The number of hydrogen-bond donors (Lipinski definition) is 1. The Labute approximate surface area is 198 Å². The Morgan fingerprint density at radius 1 is 0.971 bits per heavy atom. The summed E-state index contributed by atoms with van der Waals surface area (Å²) in [6, 6.07) is 16.3. The molecule has 0 fully saturated rings. The van der Waals surface area contributed by atoms with Crippen molar-refractivity contribution in [2.75, 3.05) is 11.9 Å². The van der Waals surface area contributed by atoms with Crippen LogP contribution in [0.25, 0.3) is 38.6 Å². The summed E-state index contributed by atoms with van der Waals surface area (Å²) in [6.07, 6.45) is -0.00612. The van der Waals surface area contributed by atoms with Crippen LogP contribution in [0.1, 0.15) is 12.5 Å². The van der Waals surface area contributed by atoms with E-state index in [2.05, 4.69) is 15.4 Å². The van der Waals surface area contributed by atoms with Gasteiger partial charge in [-0.25, -0.2) is 4.98 Å². The van der Waals surface area contributed by atoms with E-state index in [1.165, 1.54) is 6.07 Å². The average molecular weight is 477 g/mol. The summed E-state index contributed by atoms with van der Waals surface area (Å²) >= 11 is 0. The summed E-state index contributed by atoms with van der Waals surface area (Å²) < 4.78 is 41.5. The summed E-state index contributed by atoms with van der Waals surface area (Å²) in [4.78, 5) is 18.2. The first-order valence-electron chi connectivity index (χ1n) is 11.1. The Bertz CT molecular complexity index is 1600. The van der Waals surface area contributed by atoms with E-state index in [-0.39, 0.29) is 11.4 Å². The van der Waals surface area contributed by atoms with Crippen LogP contribution in [0.15, 0.2) is 71.8 Å². The second-order valence-corrected chi connectivity index (χ2v) is 8.38. The van der Waals surface area contributed by atoms with E-state index in [4.69, 9.17) is 0 Å². The van der Waals surface area contributed by atoms with Gasteiger partial charge in [0.25, 0.3) is 5.56 Å². The maximum absolute atomic E-state index is 13.8. The minimum absolute atomic E-state index is 0.0511. The number of fused-ring (bicyclic) bond motifs is 2. The van der Waals surface area contributed by atoms with Crippen molar-refractivity contribution in [1.29, 1.82) is 0 Å². The normalized spacial score (nSPS) is 11.9. The molecule has 0 bridgehead atoms. The van der Waals surface area contributed by atoms with Crippen LogP contribution in [0, 0.1) is 0 Å². The van der Waals surface area contributed by atoms with Crippen LogP contribution in [0.5, 0.6) is 0 Å². The predicted octanol–water partition coefficient (Wildman–Crippen LogP) is 5.48. The van der Waals surface area contributed by atoms with Gasteiger partial charge in [0.2, 0.25) is 0 Å². The molecule has 5 rings (SSSR count). The zero-order valence-corrected chi connectivity index (χ0v) is 19.1. The van der Waals surface area contributed by atoms with Gasteiger partial charge in [0.1, 0.15) is 12.4 Å². The molecule has 0 aliphatic carbocycles. The average Bonchev–Trinajstić information content (AvgIpc) is 3.21. The number of aromatic nitrogens is 4. The van der Waals surface area contributed by atoms with Crippen molar-refractivity contribution in [2.45, 2.75) is 19.5 Å². The predicted molar refractivity (Wildman–Crippen MR) is 131 cm³/mol. The first-order valence-corrected chi connectivity index (χ1v) is 11.1. The summed E-state index contributed by atoms with van der Waals surface area (Å²) in [5, 5.41) is 8.20. The van der Waals surface area contributed by atoms with Gasteiger partial charge < -0.3 is 5.32 Å². The lowest BCUT2D eigenvalue weighted by molar-refractivity contribution is -0.115. The molecule has 2 aromatic carbocycles. The third-order valence-corrected chi connectivity index (χ3v) is 5.87. The van der Waals surface area contributed by atoms with E-state index in [1.807, 2.05) is 62.6 Å². The molecule has 9 heteroatoms. The number of hydrogen-bond acceptors (Lipinski definition) is 4. The Morgan fingerprint density at radius 2 is 1.74 bits per heavy atom. The van der Waals surface area contributed by atoms with Crippen LogP contribution in [0.4, 0.5) is 19.0 Å². The molecule has 0 spiro atoms. The van der Waals surface area contributed by atoms with Gasteiger partial charge in [0.05, 0.1) is 16.6 Å². The summed E-state index contributed by atoms with van der Waals surface area (Å²) in [6.45, 7) is 0.822. The van der Waals surface area contributed by atoms with Gasteiger partial charge in [-0.15, -0.1) is 0 Å². The number of alkyl halides is 3. The van der Waals surface area contributed by atoms with Gasteiger partial charge in [-0.1, -0.05) is 31.2 Å². The van der Waals surface area contributed by atoms with E-state index in [9.17, 15) is 18.0 Å². The number of halogens is 3. The Hall–Kier alpha value is -4.14. The molecule has 3 aromatic heterocycles. The SMILES string of the molecule is CCc1ccc(-c2c(=O)n(-c3ccc4nn(C)cc4c3)cc3ccc(NCC(F)(F)F)nc23)cc1. The molecule has 0 radical (unpaired) electrons. The lowest BCUT2D eigenvalue weighted by atomic mass is 10.0. The number of pyridine rings is 2. The Morgan fingerprint density at radius 3 is 2.46 bits per heavy atom. The van der Waals surface area contributed by atoms with Crippen LogP contribution in [-0.4, -0.2) is 32.1 Å². The first-order chi connectivity index (χ1) is 16.7. The number of aryl methyl sites for hydroxylation is 2. The number of benzene rings is 2. The molecule has 0 atom stereocenters. The number of rotatable bonds is 5. The molecule has 0 saturated carbocycles. The molecule has 3 heterocycles. The van der Waals surface area contributed by atoms with Gasteiger partial charge in [-0.2, -0.15) is 18.3 Å². The fourth-order valence-corrected chi connectivity index (χ4v) is 4.13. The quantitative estimate of drug-likeness (QED) is 0.364. The third kappa shape index (κ3) is 4.49. The van der Waals surface area contributed by atoms with Crippen molar-refractivity contribution in [2.24, 2.45) is 7.05 Å². The molecule has 0 aliphatic rings. The third-order valence-electron chi connectivity index (χ3n) is 5.87. The molecule has 6 nitrogen and oxygen atoms in total. The molecule has 5 aromatic rings. The number of nitrogens with one attached hydrogen (secondary N) is 1. The van der Waals surface area contributed by atoms with Crippen LogP contribution in [-0.2, 0) is 13.5 Å². The molecular weight excluding hydrogens is 455 g/mol. The van der Waals surface area contributed by atoms with Crippen LogP contribution in [0.2, 0.25) is 0 Å². The number of nitrogens with zero attached hydrogens (tertiary/aromatic N) is 4. The fourth-order valence-electron chi connectivity index (χ4n) is 4.13. The van der Waals surface area contributed by atoms with E-state index in [0.29, 0.717) is 27.7 Å². The molecule has 178 valence electrons. The topological polar surface area (TPSA) is 64.7 Å². The van der Waals surface area contributed by atoms with Crippen LogP contribution < -0.4 is 10.9 Å². The van der Waals surface area contributed by atoms with Crippen LogP contribution >= 0.6 is 0 Å². The van der Waals surface area contributed by atoms with E-state index in [1.54, 1.807) is 21.5 Å². The van der Waals surface area contributed by atoms with Crippen molar-refractivity contribution in [1.82, 2.24) is 19.3 Å². The molecule has 35 heavy (non-hydrogen) atoms. The zero-order chi connectivity index (χ0) is 24.7.